The Hall–Kier alpha value is -1.86. The fourth-order valence-electron chi connectivity index (χ4n) is 3.47. The first-order valence-electron chi connectivity index (χ1n) is 8.63. The van der Waals surface area contributed by atoms with Crippen LogP contribution in [-0.4, -0.2) is 61.9 Å². The van der Waals surface area contributed by atoms with Gasteiger partial charge in [-0.25, -0.2) is 9.78 Å². The smallest absolute Gasteiger partial charge is 0.319 e. The molecule has 3 heterocycles. The Morgan fingerprint density at radius 3 is 2.92 bits per heavy atom. The number of nitrogens with one attached hydrogen (secondary N) is 2. The summed E-state index contributed by atoms with van der Waals surface area (Å²) in [6, 6.07) is 3.65. The zero-order valence-corrected chi connectivity index (χ0v) is 14.2. The number of carbonyl (C=O) groups is 1. The van der Waals surface area contributed by atoms with Crippen LogP contribution in [0.25, 0.3) is 0 Å². The number of nitrogens with zero attached hydrogens (tertiary/aromatic N) is 2. The van der Waals surface area contributed by atoms with Crippen LogP contribution >= 0.6 is 0 Å². The summed E-state index contributed by atoms with van der Waals surface area (Å²) in [5, 5.41) is 5.82. The zero-order valence-electron chi connectivity index (χ0n) is 14.2. The first kappa shape index (κ1) is 17.0. The lowest BCUT2D eigenvalue weighted by Gasteiger charge is -2.31. The molecule has 0 aliphatic carbocycles. The van der Waals surface area contributed by atoms with Crippen LogP contribution in [0.3, 0.4) is 0 Å². The number of hydrogen-bond donors (Lipinski definition) is 2. The van der Waals surface area contributed by atoms with Gasteiger partial charge in [0.2, 0.25) is 5.88 Å². The van der Waals surface area contributed by atoms with Crippen molar-refractivity contribution in [3.05, 3.63) is 18.3 Å². The first-order valence-corrected chi connectivity index (χ1v) is 8.63. The number of ether oxygens (including phenoxy) is 2. The lowest BCUT2D eigenvalue weighted by Crippen LogP contribution is -2.48. The van der Waals surface area contributed by atoms with E-state index in [9.17, 15) is 4.79 Å². The number of anilines is 1. The number of carbonyl (C=O) groups excluding carboxylic acids is 1. The lowest BCUT2D eigenvalue weighted by molar-refractivity contribution is 0.135. The monoisotopic (exact) mass is 334 g/mol. The zero-order chi connectivity index (χ0) is 16.8. The Morgan fingerprint density at radius 2 is 2.29 bits per heavy atom. The van der Waals surface area contributed by atoms with Crippen LogP contribution < -0.4 is 15.4 Å². The third-order valence-electron chi connectivity index (χ3n) is 4.79. The van der Waals surface area contributed by atoms with E-state index in [0.717, 1.165) is 32.7 Å². The maximum absolute atomic E-state index is 12.2. The maximum Gasteiger partial charge on any atom is 0.319 e. The molecule has 132 valence electrons. The molecule has 7 heteroatoms. The predicted octanol–water partition coefficient (Wildman–Crippen LogP) is 1.71. The van der Waals surface area contributed by atoms with Crippen molar-refractivity contribution in [3.63, 3.8) is 0 Å². The molecule has 0 bridgehead atoms. The standard InChI is InChI=1S/C17H26N4O3/c1-23-16-5-4-14(10-18-16)20-17(22)19-11-15(13-6-9-24-12-13)21-7-2-3-8-21/h4-5,10,13,15H,2-3,6-9,11-12H2,1H3,(H2,19,20,22)/t13-,15-/m1/s1. The molecule has 2 aliphatic rings. The minimum absolute atomic E-state index is 0.204. The number of urea groups is 1. The summed E-state index contributed by atoms with van der Waals surface area (Å²) in [4.78, 5) is 18.7. The van der Waals surface area contributed by atoms with Gasteiger partial charge in [-0.3, -0.25) is 4.90 Å². The highest BCUT2D eigenvalue weighted by atomic mass is 16.5. The van der Waals surface area contributed by atoms with E-state index in [0.29, 0.717) is 30.1 Å². The summed E-state index contributed by atoms with van der Waals surface area (Å²) in [7, 11) is 1.56. The summed E-state index contributed by atoms with van der Waals surface area (Å²) in [6.07, 6.45) is 5.15. The van der Waals surface area contributed by atoms with Gasteiger partial charge in [-0.05, 0) is 38.4 Å². The third-order valence-corrected chi connectivity index (χ3v) is 4.79. The summed E-state index contributed by atoms with van der Waals surface area (Å²) in [6.45, 7) is 4.51. The number of rotatable bonds is 6. The highest BCUT2D eigenvalue weighted by molar-refractivity contribution is 5.89. The van der Waals surface area contributed by atoms with E-state index < -0.39 is 0 Å². The fourth-order valence-corrected chi connectivity index (χ4v) is 3.47. The normalized spacial score (nSPS) is 22.3. The van der Waals surface area contributed by atoms with Crippen molar-refractivity contribution in [2.24, 2.45) is 5.92 Å². The number of methoxy groups -OCH3 is 1. The van der Waals surface area contributed by atoms with Crippen molar-refractivity contribution in [1.82, 2.24) is 15.2 Å². The molecule has 7 nitrogen and oxygen atoms in total. The number of hydrogen-bond acceptors (Lipinski definition) is 5. The highest BCUT2D eigenvalue weighted by Gasteiger charge is 2.32. The second kappa shape index (κ2) is 8.30. The molecular formula is C17H26N4O3. The van der Waals surface area contributed by atoms with E-state index in [4.69, 9.17) is 9.47 Å². The Labute approximate surface area is 142 Å². The topological polar surface area (TPSA) is 75.7 Å². The molecule has 0 saturated carbocycles. The molecule has 2 N–H and O–H groups in total. The van der Waals surface area contributed by atoms with Crippen LogP contribution in [0.1, 0.15) is 19.3 Å². The van der Waals surface area contributed by atoms with Gasteiger partial charge in [0.1, 0.15) is 0 Å². The molecular weight excluding hydrogens is 308 g/mol. The lowest BCUT2D eigenvalue weighted by atomic mass is 9.97. The number of aromatic nitrogens is 1. The van der Waals surface area contributed by atoms with E-state index in [1.54, 1.807) is 25.4 Å². The predicted molar refractivity (Wildman–Crippen MR) is 91.3 cm³/mol. The molecule has 2 amide bonds. The molecule has 1 aromatic rings. The summed E-state index contributed by atoms with van der Waals surface area (Å²) in [5.41, 5.74) is 0.648. The Balaban J connectivity index is 1.51. The van der Waals surface area contributed by atoms with Gasteiger partial charge >= 0.3 is 6.03 Å². The summed E-state index contributed by atoms with van der Waals surface area (Å²) >= 11 is 0. The SMILES string of the molecule is COc1ccc(NC(=O)NC[C@H]([C@@H]2CCOC2)N2CCCC2)cn1. The molecule has 0 aromatic carbocycles. The molecule has 2 fully saturated rings. The second-order valence-corrected chi connectivity index (χ2v) is 6.36. The second-order valence-electron chi connectivity index (χ2n) is 6.36. The fraction of sp³-hybridized carbons (Fsp3) is 0.647. The Morgan fingerprint density at radius 1 is 1.46 bits per heavy atom. The minimum Gasteiger partial charge on any atom is -0.481 e. The van der Waals surface area contributed by atoms with Gasteiger partial charge in [0.15, 0.2) is 0 Å². The number of amides is 2. The molecule has 2 aliphatic heterocycles. The summed E-state index contributed by atoms with van der Waals surface area (Å²) in [5.74, 6) is 1.03. The van der Waals surface area contributed by atoms with Crippen molar-refractivity contribution in [2.45, 2.75) is 25.3 Å². The quantitative estimate of drug-likeness (QED) is 0.828. The van der Waals surface area contributed by atoms with Crippen molar-refractivity contribution in [3.8, 4) is 5.88 Å². The third kappa shape index (κ3) is 4.36. The van der Waals surface area contributed by atoms with Gasteiger partial charge in [-0.15, -0.1) is 0 Å². The van der Waals surface area contributed by atoms with Crippen molar-refractivity contribution >= 4 is 11.7 Å². The molecule has 0 radical (unpaired) electrons. The Bertz CT molecular complexity index is 509. The molecule has 1 aromatic heterocycles. The van der Waals surface area contributed by atoms with E-state index in [-0.39, 0.29) is 6.03 Å². The van der Waals surface area contributed by atoms with Crippen LogP contribution in [0.2, 0.25) is 0 Å². The van der Waals surface area contributed by atoms with Crippen LogP contribution in [0.4, 0.5) is 10.5 Å². The van der Waals surface area contributed by atoms with E-state index in [1.807, 2.05) is 0 Å². The molecule has 24 heavy (non-hydrogen) atoms. The highest BCUT2D eigenvalue weighted by Crippen LogP contribution is 2.24. The van der Waals surface area contributed by atoms with E-state index in [2.05, 4.69) is 20.5 Å². The van der Waals surface area contributed by atoms with Gasteiger partial charge in [0.05, 0.1) is 25.6 Å². The van der Waals surface area contributed by atoms with Crippen LogP contribution in [0.5, 0.6) is 5.88 Å². The van der Waals surface area contributed by atoms with Gasteiger partial charge in [-0.1, -0.05) is 0 Å². The molecule has 0 unspecified atom stereocenters. The van der Waals surface area contributed by atoms with Crippen LogP contribution in [0.15, 0.2) is 18.3 Å². The van der Waals surface area contributed by atoms with Gasteiger partial charge in [-0.2, -0.15) is 0 Å². The average molecular weight is 334 g/mol. The van der Waals surface area contributed by atoms with Gasteiger partial charge in [0.25, 0.3) is 0 Å². The first-order chi connectivity index (χ1) is 11.8. The number of pyridine rings is 1. The average Bonchev–Trinajstić information content (AvgIpc) is 3.30. The molecule has 0 spiro atoms. The van der Waals surface area contributed by atoms with Crippen molar-refractivity contribution in [2.75, 3.05) is 45.3 Å². The maximum atomic E-state index is 12.2. The van der Waals surface area contributed by atoms with Crippen molar-refractivity contribution < 1.29 is 14.3 Å². The van der Waals surface area contributed by atoms with Crippen LogP contribution in [0, 0.1) is 5.92 Å². The summed E-state index contributed by atoms with van der Waals surface area (Å²) < 4.78 is 10.6. The van der Waals surface area contributed by atoms with Crippen LogP contribution in [-0.2, 0) is 4.74 Å². The minimum atomic E-state index is -0.204. The molecule has 2 atom stereocenters. The van der Waals surface area contributed by atoms with E-state index in [1.165, 1.54) is 12.8 Å². The van der Waals surface area contributed by atoms with Gasteiger partial charge < -0.3 is 20.1 Å². The van der Waals surface area contributed by atoms with Gasteiger partial charge in [0, 0.05) is 31.2 Å². The van der Waals surface area contributed by atoms with E-state index >= 15 is 0 Å². The largest absolute Gasteiger partial charge is 0.481 e. The number of likely N-dealkylation sites (tertiary alicyclic amines) is 1. The van der Waals surface area contributed by atoms with Crippen molar-refractivity contribution in [1.29, 1.82) is 0 Å². The molecule has 2 saturated heterocycles. The molecule has 3 rings (SSSR count). The Kier molecular flexibility index (Phi) is 5.87.